The van der Waals surface area contributed by atoms with Crippen molar-refractivity contribution in [3.63, 3.8) is 0 Å². The highest BCUT2D eigenvalue weighted by molar-refractivity contribution is 7.91. The summed E-state index contributed by atoms with van der Waals surface area (Å²) in [6.45, 7) is 8.54. The number of ether oxygens (including phenoxy) is 2. The van der Waals surface area contributed by atoms with Crippen molar-refractivity contribution in [1.82, 2.24) is 30.2 Å². The van der Waals surface area contributed by atoms with Crippen molar-refractivity contribution < 1.29 is 53.1 Å². The summed E-state index contributed by atoms with van der Waals surface area (Å²) in [6.07, 6.45) is 0.937. The molecule has 8 atom stereocenters. The number of aryl methyl sites for hydroxylation is 1. The molecule has 0 radical (unpaired) electrons. The maximum atomic E-state index is 14.8. The van der Waals surface area contributed by atoms with Crippen molar-refractivity contribution in [2.75, 3.05) is 6.54 Å². The molecule has 1 saturated heterocycles. The molecular formula is C41H59F3N6O8S. The van der Waals surface area contributed by atoms with E-state index in [0.29, 0.717) is 36.4 Å². The summed E-state index contributed by atoms with van der Waals surface area (Å²) in [5, 5.41) is 5.21. The van der Waals surface area contributed by atoms with E-state index in [2.05, 4.69) is 22.5 Å². The molecule has 328 valence electrons. The van der Waals surface area contributed by atoms with Gasteiger partial charge in [-0.15, -0.1) is 0 Å². The molecule has 3 saturated carbocycles. The largest absolute Gasteiger partial charge is 0.471 e. The monoisotopic (exact) mass is 852 g/mol. The lowest BCUT2D eigenvalue weighted by atomic mass is 9.85. The number of alkyl halides is 2. The summed E-state index contributed by atoms with van der Waals surface area (Å²) >= 11 is 0. The van der Waals surface area contributed by atoms with Crippen LogP contribution in [0.4, 0.5) is 18.0 Å². The number of amides is 4. The number of sulfonamides is 1. The van der Waals surface area contributed by atoms with E-state index in [4.69, 9.17) is 14.5 Å². The fourth-order valence-electron chi connectivity index (χ4n) is 9.11. The Balaban J connectivity index is 0.00000352. The number of rotatable bonds is 7. The Kier molecular flexibility index (Phi) is 11.6. The first-order valence-electron chi connectivity index (χ1n) is 20.8. The van der Waals surface area contributed by atoms with Crippen LogP contribution in [-0.4, -0.2) is 94.6 Å². The normalized spacial score (nSPS) is 31.2. The van der Waals surface area contributed by atoms with E-state index >= 15 is 0 Å². The molecule has 18 heteroatoms. The number of nitrogens with one attached hydrogen (secondary N) is 3. The van der Waals surface area contributed by atoms with Crippen LogP contribution in [-0.2, 0) is 35.6 Å². The molecule has 3 N–H and O–H groups in total. The zero-order valence-electron chi connectivity index (χ0n) is 34.2. The second-order valence-corrected chi connectivity index (χ2v) is 20.7. The highest BCUT2D eigenvalue weighted by Crippen LogP contribution is 2.49. The number of nitrogens with zero attached hydrogens (tertiary/aromatic N) is 3. The predicted molar refractivity (Wildman–Crippen MR) is 213 cm³/mol. The number of fused-ring (bicyclic) bond motifs is 5. The summed E-state index contributed by atoms with van der Waals surface area (Å²) in [5.41, 5.74) is -2.00. The third kappa shape index (κ3) is 8.69. The van der Waals surface area contributed by atoms with Gasteiger partial charge in [0.25, 0.3) is 5.91 Å². The Bertz CT molecular complexity index is 2110. The number of alkyl carbamates (subject to hydrolysis) is 1. The number of carbonyl (C=O) groups is 4. The van der Waals surface area contributed by atoms with E-state index < -0.39 is 92.3 Å². The SMILES string of the molecule is CC[C@H]1CC[C@H]2OC(=O)N[C@@H](C(C)(C)C)C(=O)N3C[C@@H](C[C@H]3C(=O)N[C@]3(C(=O)NS(=O)(=O)C4(C)CC4)C[C@H]3C(F)F)Oc3nc4cc(F)ccc4nc3CCCCC[C@H]12.[HH].[HH]. The van der Waals surface area contributed by atoms with Gasteiger partial charge >= 0.3 is 6.09 Å². The first-order valence-corrected chi connectivity index (χ1v) is 22.3. The van der Waals surface area contributed by atoms with Gasteiger partial charge in [-0.2, -0.15) is 0 Å². The second kappa shape index (κ2) is 16.0. The highest BCUT2D eigenvalue weighted by atomic mass is 32.2. The van der Waals surface area contributed by atoms with Crippen LogP contribution in [0.15, 0.2) is 18.2 Å². The van der Waals surface area contributed by atoms with Crippen LogP contribution in [0.5, 0.6) is 5.88 Å². The number of carbonyl (C=O) groups excluding carboxylic acids is 4. The smallest absolute Gasteiger partial charge is 0.408 e. The molecule has 59 heavy (non-hydrogen) atoms. The lowest BCUT2D eigenvalue weighted by Gasteiger charge is -2.36. The van der Waals surface area contributed by atoms with E-state index in [1.54, 1.807) is 20.8 Å². The number of halogens is 3. The molecule has 14 nitrogen and oxygen atoms in total. The van der Waals surface area contributed by atoms with Crippen molar-refractivity contribution in [2.24, 2.45) is 23.2 Å². The first-order chi connectivity index (χ1) is 27.7. The molecule has 5 aliphatic rings. The van der Waals surface area contributed by atoms with Crippen LogP contribution in [0.2, 0.25) is 0 Å². The molecule has 0 spiro atoms. The summed E-state index contributed by atoms with van der Waals surface area (Å²) in [4.78, 5) is 67.0. The molecule has 2 aliphatic heterocycles. The zero-order chi connectivity index (χ0) is 42.7. The van der Waals surface area contributed by atoms with Gasteiger partial charge in [0.15, 0.2) is 0 Å². The minimum absolute atomic E-state index is 0. The van der Waals surface area contributed by atoms with Crippen molar-refractivity contribution >= 4 is 44.9 Å². The number of hydrogen-bond acceptors (Lipinski definition) is 10. The van der Waals surface area contributed by atoms with E-state index in [1.807, 2.05) is 4.72 Å². The van der Waals surface area contributed by atoms with E-state index in [0.717, 1.165) is 32.1 Å². The van der Waals surface area contributed by atoms with Crippen molar-refractivity contribution in [3.05, 3.63) is 29.7 Å². The molecule has 4 fully saturated rings. The molecule has 4 amide bonds. The third-order valence-electron chi connectivity index (χ3n) is 13.2. The Morgan fingerprint density at radius 2 is 1.81 bits per heavy atom. The van der Waals surface area contributed by atoms with Crippen molar-refractivity contribution in [1.29, 1.82) is 0 Å². The number of hydrogen-bond donors (Lipinski definition) is 3. The van der Waals surface area contributed by atoms with Crippen LogP contribution >= 0.6 is 0 Å². The molecule has 7 rings (SSSR count). The fraction of sp³-hybridized carbons (Fsp3) is 0.707. The van der Waals surface area contributed by atoms with E-state index in [9.17, 15) is 40.8 Å². The minimum atomic E-state index is -4.25. The molecule has 0 unspecified atom stereocenters. The Labute approximate surface area is 345 Å². The minimum Gasteiger partial charge on any atom is -0.471 e. The lowest BCUT2D eigenvalue weighted by molar-refractivity contribution is -0.143. The fourth-order valence-corrected chi connectivity index (χ4v) is 10.4. The Hall–Kier alpha value is -4.22. The van der Waals surface area contributed by atoms with Gasteiger partial charge in [0, 0.05) is 15.3 Å². The van der Waals surface area contributed by atoms with E-state index in [1.165, 1.54) is 30.0 Å². The van der Waals surface area contributed by atoms with E-state index in [-0.39, 0.29) is 52.1 Å². The first kappa shape index (κ1) is 42.9. The van der Waals surface area contributed by atoms with Crippen LogP contribution < -0.4 is 20.1 Å². The molecule has 3 heterocycles. The van der Waals surface area contributed by atoms with Gasteiger partial charge in [-0.1, -0.05) is 47.0 Å². The van der Waals surface area contributed by atoms with Crippen molar-refractivity contribution in [2.45, 2.75) is 153 Å². The van der Waals surface area contributed by atoms with Gasteiger partial charge in [0.1, 0.15) is 41.3 Å². The average Bonchev–Trinajstić information content (AvgIpc) is 4.00. The van der Waals surface area contributed by atoms with Crippen LogP contribution in [0, 0.1) is 29.0 Å². The molecule has 2 bridgehead atoms. The molecule has 2 aromatic rings. The quantitative estimate of drug-likeness (QED) is 0.307. The average molecular weight is 853 g/mol. The molecule has 3 aliphatic carbocycles. The number of aromatic nitrogens is 2. The standard InChI is InChI=1S/C41H55F3N6O8S.2H2/c1-6-22-12-15-31-25(22)10-8-7-9-11-28-35(46-29-18-23(42)13-14-27(29)45-28)57-24-19-30(50(21-24)36(52)32(39(2,3)4)47-38(54)58-31)34(51)48-41(20-26(41)33(43)44)37(53)49-59(55,56)40(5)16-17-40;;/h13-14,18,22,24-26,30-33H,6-12,15-17,19-21H2,1-5H3,(H,47,54)(H,48,51)(H,49,53);2*1H/t22-,24+,25+,26-,30-,31+,32+,41+;;/m0../s1. The van der Waals surface area contributed by atoms with Gasteiger partial charge < -0.3 is 25.0 Å². The van der Waals surface area contributed by atoms with Gasteiger partial charge in [-0.25, -0.2) is 36.4 Å². The van der Waals surface area contributed by atoms with Gasteiger partial charge in [-0.05, 0) is 87.7 Å². The molecule has 1 aromatic carbocycles. The summed E-state index contributed by atoms with van der Waals surface area (Å²) in [7, 11) is -4.25. The van der Waals surface area contributed by atoms with Gasteiger partial charge in [0.2, 0.25) is 34.1 Å². The maximum absolute atomic E-state index is 14.8. The second-order valence-electron chi connectivity index (χ2n) is 18.5. The van der Waals surface area contributed by atoms with Gasteiger partial charge in [-0.3, -0.25) is 19.1 Å². The lowest BCUT2D eigenvalue weighted by Crippen LogP contribution is -2.60. The predicted octanol–water partition coefficient (Wildman–Crippen LogP) is 5.81. The van der Waals surface area contributed by atoms with Crippen LogP contribution in [0.3, 0.4) is 0 Å². The number of benzene rings is 1. The molecular weight excluding hydrogens is 794 g/mol. The molecule has 1 aromatic heterocycles. The van der Waals surface area contributed by atoms with Crippen LogP contribution in [0.1, 0.15) is 114 Å². The third-order valence-corrected chi connectivity index (χ3v) is 15.4. The zero-order valence-corrected chi connectivity index (χ0v) is 35.0. The van der Waals surface area contributed by atoms with Crippen molar-refractivity contribution in [3.8, 4) is 5.88 Å². The van der Waals surface area contributed by atoms with Gasteiger partial charge in [0.05, 0.1) is 28.2 Å². The Morgan fingerprint density at radius 3 is 2.47 bits per heavy atom. The highest BCUT2D eigenvalue weighted by Gasteiger charge is 2.67. The Morgan fingerprint density at radius 1 is 1.07 bits per heavy atom. The van der Waals surface area contributed by atoms with Crippen LogP contribution in [0.25, 0.3) is 11.0 Å². The topological polar surface area (TPSA) is 186 Å². The maximum Gasteiger partial charge on any atom is 0.408 e. The summed E-state index contributed by atoms with van der Waals surface area (Å²) < 4.78 is 82.1. The summed E-state index contributed by atoms with van der Waals surface area (Å²) in [5.74, 6) is -4.58. The summed E-state index contributed by atoms with van der Waals surface area (Å²) in [6, 6.07) is 1.38.